The van der Waals surface area contributed by atoms with Crippen LogP contribution >= 0.6 is 39.1 Å². The highest BCUT2D eigenvalue weighted by Gasteiger charge is 2.20. The van der Waals surface area contributed by atoms with Crippen LogP contribution in [0.2, 0.25) is 10.0 Å². The number of aromatic nitrogens is 1. The van der Waals surface area contributed by atoms with Crippen molar-refractivity contribution < 1.29 is 4.52 Å². The van der Waals surface area contributed by atoms with Crippen LogP contribution in [0, 0.1) is 0 Å². The average molecular weight is 384 g/mol. The van der Waals surface area contributed by atoms with E-state index in [1.54, 1.807) is 18.2 Å². The fraction of sp³-hybridized carbons (Fsp3) is 0. The summed E-state index contributed by atoms with van der Waals surface area (Å²) in [4.78, 5) is 0. The Hall–Kier alpha value is -1.49. The molecule has 0 aliphatic carbocycles. The zero-order valence-corrected chi connectivity index (χ0v) is 13.7. The summed E-state index contributed by atoms with van der Waals surface area (Å²) in [7, 11) is 0. The van der Waals surface area contributed by atoms with Crippen LogP contribution in [0.4, 0.5) is 5.82 Å². The predicted molar refractivity (Wildman–Crippen MR) is 89.5 cm³/mol. The minimum atomic E-state index is 0.295. The molecule has 0 radical (unpaired) electrons. The van der Waals surface area contributed by atoms with Crippen molar-refractivity contribution in [2.75, 3.05) is 5.73 Å². The minimum Gasteiger partial charge on any atom is -0.380 e. The van der Waals surface area contributed by atoms with Gasteiger partial charge in [0.15, 0.2) is 11.6 Å². The number of hydrogen-bond donors (Lipinski definition) is 1. The van der Waals surface area contributed by atoms with Crippen LogP contribution in [0.25, 0.3) is 22.5 Å². The van der Waals surface area contributed by atoms with Crippen molar-refractivity contribution in [3.8, 4) is 22.5 Å². The topological polar surface area (TPSA) is 52.0 Å². The maximum Gasteiger partial charge on any atom is 0.178 e. The smallest absolute Gasteiger partial charge is 0.178 e. The second-order valence-corrected chi connectivity index (χ2v) is 6.17. The van der Waals surface area contributed by atoms with Crippen LogP contribution in [0.5, 0.6) is 0 Å². The van der Waals surface area contributed by atoms with Crippen LogP contribution < -0.4 is 5.73 Å². The van der Waals surface area contributed by atoms with E-state index in [2.05, 4.69) is 21.1 Å². The van der Waals surface area contributed by atoms with E-state index in [1.165, 1.54) is 0 Å². The van der Waals surface area contributed by atoms with Crippen molar-refractivity contribution in [1.82, 2.24) is 5.16 Å². The van der Waals surface area contributed by atoms with E-state index in [1.807, 2.05) is 24.3 Å². The number of nitrogen functional groups attached to an aromatic ring is 1. The van der Waals surface area contributed by atoms with Gasteiger partial charge in [-0.05, 0) is 35.9 Å². The largest absolute Gasteiger partial charge is 0.380 e. The van der Waals surface area contributed by atoms with Crippen LogP contribution in [0.1, 0.15) is 0 Å². The molecule has 3 nitrogen and oxygen atoms in total. The molecule has 6 heteroatoms. The summed E-state index contributed by atoms with van der Waals surface area (Å²) in [5.41, 5.74) is 8.16. The summed E-state index contributed by atoms with van der Waals surface area (Å²) in [6.45, 7) is 0. The van der Waals surface area contributed by atoms with Gasteiger partial charge in [0.2, 0.25) is 0 Å². The maximum atomic E-state index is 6.26. The van der Waals surface area contributed by atoms with Crippen LogP contribution in [-0.2, 0) is 0 Å². The van der Waals surface area contributed by atoms with E-state index in [0.29, 0.717) is 32.8 Å². The van der Waals surface area contributed by atoms with E-state index in [-0.39, 0.29) is 0 Å². The van der Waals surface area contributed by atoms with Crippen molar-refractivity contribution in [2.24, 2.45) is 0 Å². The molecule has 0 unspecified atom stereocenters. The van der Waals surface area contributed by atoms with Gasteiger partial charge >= 0.3 is 0 Å². The van der Waals surface area contributed by atoms with Gasteiger partial charge in [-0.3, -0.25) is 0 Å². The van der Waals surface area contributed by atoms with Crippen LogP contribution in [0.15, 0.2) is 51.5 Å². The number of nitrogens with two attached hydrogens (primary N) is 1. The molecular weight excluding hydrogens is 375 g/mol. The number of nitrogens with zero attached hydrogens (tertiary/aromatic N) is 1. The molecule has 0 atom stereocenters. The monoisotopic (exact) mass is 382 g/mol. The van der Waals surface area contributed by atoms with E-state index in [0.717, 1.165) is 10.0 Å². The molecular formula is C15H9BrCl2N2O. The highest BCUT2D eigenvalue weighted by atomic mass is 79.9. The Labute approximate surface area is 139 Å². The van der Waals surface area contributed by atoms with Crippen molar-refractivity contribution in [3.63, 3.8) is 0 Å². The normalized spacial score (nSPS) is 10.8. The molecule has 1 heterocycles. The summed E-state index contributed by atoms with van der Waals surface area (Å²) >= 11 is 15.7. The zero-order chi connectivity index (χ0) is 15.0. The molecule has 21 heavy (non-hydrogen) atoms. The third-order valence-corrected chi connectivity index (χ3v) is 4.06. The summed E-state index contributed by atoms with van der Waals surface area (Å²) in [5.74, 6) is 0.810. The van der Waals surface area contributed by atoms with Gasteiger partial charge in [-0.1, -0.05) is 56.4 Å². The molecule has 2 aromatic carbocycles. The number of halogens is 3. The van der Waals surface area contributed by atoms with Gasteiger partial charge in [-0.2, -0.15) is 0 Å². The Bertz CT molecular complexity index is 817. The average Bonchev–Trinajstić information content (AvgIpc) is 2.83. The molecule has 1 aromatic heterocycles. The molecule has 3 rings (SSSR count). The second kappa shape index (κ2) is 5.72. The summed E-state index contributed by atoms with van der Waals surface area (Å²) in [5, 5.41) is 5.02. The first-order chi connectivity index (χ1) is 10.1. The lowest BCUT2D eigenvalue weighted by molar-refractivity contribution is 0.436. The minimum absolute atomic E-state index is 0.295. The Morgan fingerprint density at radius 3 is 2.67 bits per heavy atom. The van der Waals surface area contributed by atoms with E-state index >= 15 is 0 Å². The first-order valence-corrected chi connectivity index (χ1v) is 7.57. The Kier molecular flexibility index (Phi) is 3.93. The van der Waals surface area contributed by atoms with Gasteiger partial charge in [0.25, 0.3) is 0 Å². The highest BCUT2D eigenvalue weighted by Crippen LogP contribution is 2.40. The van der Waals surface area contributed by atoms with Crippen LogP contribution in [-0.4, -0.2) is 5.16 Å². The van der Waals surface area contributed by atoms with Crippen molar-refractivity contribution in [3.05, 3.63) is 57.0 Å². The number of anilines is 1. The van der Waals surface area contributed by atoms with Crippen molar-refractivity contribution >= 4 is 44.9 Å². The van der Waals surface area contributed by atoms with Gasteiger partial charge in [0, 0.05) is 15.1 Å². The van der Waals surface area contributed by atoms with Gasteiger partial charge in [0.05, 0.1) is 10.6 Å². The molecule has 0 aliphatic heterocycles. The molecule has 0 saturated heterocycles. The standard InChI is InChI=1S/C15H9BrCl2N2O/c16-9-4-5-12(18)11(7-9)14-13(15(19)20-21-14)8-2-1-3-10(17)6-8/h1-7H,(H2,19,20). The van der Waals surface area contributed by atoms with Crippen LogP contribution in [0.3, 0.4) is 0 Å². The van der Waals surface area contributed by atoms with Gasteiger partial charge in [-0.25, -0.2) is 0 Å². The zero-order valence-electron chi connectivity index (χ0n) is 10.6. The second-order valence-electron chi connectivity index (χ2n) is 4.41. The first-order valence-electron chi connectivity index (χ1n) is 6.03. The lowest BCUT2D eigenvalue weighted by atomic mass is 10.0. The molecule has 0 aliphatic rings. The summed E-state index contributed by atoms with van der Waals surface area (Å²) in [6, 6.07) is 12.8. The first kappa shape index (κ1) is 14.4. The molecule has 0 bridgehead atoms. The third-order valence-electron chi connectivity index (χ3n) is 3.00. The highest BCUT2D eigenvalue weighted by molar-refractivity contribution is 9.10. The number of hydrogen-bond acceptors (Lipinski definition) is 3. The Balaban J connectivity index is 2.24. The SMILES string of the molecule is Nc1noc(-c2cc(Br)ccc2Cl)c1-c1cccc(Cl)c1. The van der Waals surface area contributed by atoms with E-state index in [9.17, 15) is 0 Å². The number of rotatable bonds is 2. The number of benzene rings is 2. The fourth-order valence-electron chi connectivity index (χ4n) is 2.08. The third kappa shape index (κ3) is 2.79. The summed E-state index contributed by atoms with van der Waals surface area (Å²) in [6.07, 6.45) is 0. The molecule has 0 spiro atoms. The van der Waals surface area contributed by atoms with Gasteiger partial charge < -0.3 is 10.3 Å². The lowest BCUT2D eigenvalue weighted by Crippen LogP contribution is -1.89. The molecule has 0 fully saturated rings. The Morgan fingerprint density at radius 1 is 1.10 bits per heavy atom. The summed E-state index contributed by atoms with van der Waals surface area (Å²) < 4.78 is 6.27. The van der Waals surface area contributed by atoms with Crippen molar-refractivity contribution in [2.45, 2.75) is 0 Å². The predicted octanol–water partition coefficient (Wildman–Crippen LogP) is 5.66. The van der Waals surface area contributed by atoms with E-state index < -0.39 is 0 Å². The quantitative estimate of drug-likeness (QED) is 0.621. The van der Waals surface area contributed by atoms with Crippen molar-refractivity contribution in [1.29, 1.82) is 0 Å². The van der Waals surface area contributed by atoms with Gasteiger partial charge in [-0.15, -0.1) is 0 Å². The van der Waals surface area contributed by atoms with E-state index in [4.69, 9.17) is 33.5 Å². The van der Waals surface area contributed by atoms with Gasteiger partial charge in [0.1, 0.15) is 0 Å². The fourth-order valence-corrected chi connectivity index (χ4v) is 2.84. The molecule has 0 amide bonds. The molecule has 0 saturated carbocycles. The molecule has 106 valence electrons. The molecule has 2 N–H and O–H groups in total. The maximum absolute atomic E-state index is 6.26. The molecule has 3 aromatic rings. The lowest BCUT2D eigenvalue weighted by Gasteiger charge is -2.05. The Morgan fingerprint density at radius 2 is 1.90 bits per heavy atom.